The molecule has 0 saturated carbocycles. The van der Waals surface area contributed by atoms with Crippen molar-refractivity contribution in [1.29, 1.82) is 0 Å². The maximum atomic E-state index is 13.1. The first-order valence-corrected chi connectivity index (χ1v) is 9.05. The van der Waals surface area contributed by atoms with Gasteiger partial charge in [0.25, 0.3) is 5.91 Å². The molecule has 2 aliphatic rings. The van der Waals surface area contributed by atoms with Crippen LogP contribution in [-0.4, -0.2) is 53.5 Å². The summed E-state index contributed by atoms with van der Waals surface area (Å²) in [5.41, 5.74) is 9.11. The van der Waals surface area contributed by atoms with Crippen molar-refractivity contribution in [2.75, 3.05) is 20.6 Å². The normalized spacial score (nSPS) is 27.7. The van der Waals surface area contributed by atoms with Crippen LogP contribution in [0.4, 0.5) is 0 Å². The average molecular weight is 351 g/mol. The Morgan fingerprint density at radius 1 is 1.27 bits per heavy atom. The molecule has 2 aromatic carbocycles. The predicted molar refractivity (Wildman–Crippen MR) is 101 cm³/mol. The Morgan fingerprint density at radius 3 is 2.73 bits per heavy atom. The van der Waals surface area contributed by atoms with Crippen molar-refractivity contribution >= 4 is 5.91 Å². The van der Waals surface area contributed by atoms with Gasteiger partial charge >= 0.3 is 0 Å². The van der Waals surface area contributed by atoms with Crippen molar-refractivity contribution in [3.8, 4) is 5.75 Å². The van der Waals surface area contributed by atoms with E-state index in [0.29, 0.717) is 5.56 Å². The van der Waals surface area contributed by atoms with Crippen LogP contribution in [0.3, 0.4) is 0 Å². The SMILES string of the molecule is CN(C(=O)c1ccccc1)C1[C@H]2Cc3ccc(O)cc3[C@]1(N)CCN2C. The summed E-state index contributed by atoms with van der Waals surface area (Å²) in [6.07, 6.45) is 1.57. The lowest BCUT2D eigenvalue weighted by Gasteiger charge is -2.56. The van der Waals surface area contributed by atoms with Gasteiger partial charge in [-0.25, -0.2) is 0 Å². The molecular weight excluding hydrogens is 326 g/mol. The van der Waals surface area contributed by atoms with E-state index in [1.807, 2.05) is 48.3 Å². The number of benzene rings is 2. The van der Waals surface area contributed by atoms with Crippen LogP contribution in [0.25, 0.3) is 0 Å². The highest BCUT2D eigenvalue weighted by Crippen LogP contribution is 2.44. The molecule has 136 valence electrons. The first-order valence-electron chi connectivity index (χ1n) is 9.05. The van der Waals surface area contributed by atoms with Crippen LogP contribution in [-0.2, 0) is 12.0 Å². The lowest BCUT2D eigenvalue weighted by Crippen LogP contribution is -2.71. The Balaban J connectivity index is 1.78. The minimum Gasteiger partial charge on any atom is -0.508 e. The monoisotopic (exact) mass is 351 g/mol. The van der Waals surface area contributed by atoms with Crippen molar-refractivity contribution in [2.24, 2.45) is 5.73 Å². The molecule has 1 amide bonds. The number of carbonyl (C=O) groups is 1. The van der Waals surface area contributed by atoms with Gasteiger partial charge in [-0.1, -0.05) is 24.3 Å². The predicted octanol–water partition coefficient (Wildman–Crippen LogP) is 1.95. The fourth-order valence-corrected chi connectivity index (χ4v) is 4.74. The Labute approximate surface area is 154 Å². The number of aromatic hydroxyl groups is 1. The van der Waals surface area contributed by atoms with Gasteiger partial charge < -0.3 is 20.6 Å². The first kappa shape index (κ1) is 17.1. The number of phenols is 1. The highest BCUT2D eigenvalue weighted by Gasteiger charge is 2.53. The van der Waals surface area contributed by atoms with E-state index < -0.39 is 5.54 Å². The summed E-state index contributed by atoms with van der Waals surface area (Å²) >= 11 is 0. The van der Waals surface area contributed by atoms with Crippen LogP contribution < -0.4 is 5.73 Å². The average Bonchev–Trinajstić information content (AvgIpc) is 2.65. The van der Waals surface area contributed by atoms with E-state index in [1.165, 1.54) is 5.56 Å². The van der Waals surface area contributed by atoms with Gasteiger partial charge in [-0.05, 0) is 55.3 Å². The van der Waals surface area contributed by atoms with Crippen LogP contribution in [0.15, 0.2) is 48.5 Å². The van der Waals surface area contributed by atoms with E-state index in [9.17, 15) is 9.90 Å². The molecule has 26 heavy (non-hydrogen) atoms. The third kappa shape index (κ3) is 2.50. The van der Waals surface area contributed by atoms with Crippen molar-refractivity contribution < 1.29 is 9.90 Å². The molecule has 3 atom stereocenters. The van der Waals surface area contributed by atoms with Crippen LogP contribution >= 0.6 is 0 Å². The number of likely N-dealkylation sites (tertiary alicyclic amines) is 1. The Morgan fingerprint density at radius 2 is 2.00 bits per heavy atom. The Hall–Kier alpha value is -2.37. The summed E-state index contributed by atoms with van der Waals surface area (Å²) in [5, 5.41) is 10.0. The smallest absolute Gasteiger partial charge is 0.253 e. The van der Waals surface area contributed by atoms with Crippen molar-refractivity contribution in [3.05, 3.63) is 65.2 Å². The number of piperidine rings is 1. The lowest BCUT2D eigenvalue weighted by molar-refractivity contribution is 0.000960. The van der Waals surface area contributed by atoms with E-state index in [0.717, 1.165) is 24.9 Å². The van der Waals surface area contributed by atoms with Gasteiger partial charge in [-0.3, -0.25) is 4.79 Å². The van der Waals surface area contributed by atoms with Crippen molar-refractivity contribution in [1.82, 2.24) is 9.80 Å². The molecule has 0 aromatic heterocycles. The standard InChI is InChI=1S/C21H25N3O2/c1-23-11-10-21(22)17-13-16(25)9-8-15(17)12-18(23)19(21)24(2)20(26)14-6-4-3-5-7-14/h3-9,13,18-19,25H,10-12,22H2,1-2H3/t18-,19?,21-/m1/s1. The number of phenolic OH excluding ortho intramolecular Hbond substituents is 1. The second-order valence-corrected chi connectivity index (χ2v) is 7.61. The van der Waals surface area contributed by atoms with Gasteiger partial charge in [0, 0.05) is 25.2 Å². The number of likely N-dealkylation sites (N-methyl/N-ethyl adjacent to an activating group) is 2. The number of hydrogen-bond donors (Lipinski definition) is 2. The largest absolute Gasteiger partial charge is 0.508 e. The van der Waals surface area contributed by atoms with Gasteiger partial charge in [0.15, 0.2) is 0 Å². The molecule has 2 bridgehead atoms. The zero-order valence-electron chi connectivity index (χ0n) is 15.2. The molecule has 0 spiro atoms. The van der Waals surface area contributed by atoms with Gasteiger partial charge in [0.1, 0.15) is 5.75 Å². The van der Waals surface area contributed by atoms with Crippen LogP contribution in [0.1, 0.15) is 27.9 Å². The molecule has 1 fully saturated rings. The van der Waals surface area contributed by atoms with Gasteiger partial charge in [0.05, 0.1) is 11.6 Å². The number of carbonyl (C=O) groups excluding carboxylic acids is 1. The molecular formula is C21H25N3O2. The minimum absolute atomic E-state index is 0.0191. The van der Waals surface area contributed by atoms with Gasteiger partial charge in [-0.2, -0.15) is 0 Å². The highest BCUT2D eigenvalue weighted by atomic mass is 16.3. The Kier molecular flexibility index (Phi) is 4.01. The number of hydrogen-bond acceptors (Lipinski definition) is 4. The third-order valence-corrected chi connectivity index (χ3v) is 6.12. The molecule has 5 nitrogen and oxygen atoms in total. The minimum atomic E-state index is -0.664. The summed E-state index contributed by atoms with van der Waals surface area (Å²) in [6, 6.07) is 14.8. The van der Waals surface area contributed by atoms with Crippen molar-refractivity contribution in [3.63, 3.8) is 0 Å². The molecule has 0 radical (unpaired) electrons. The topological polar surface area (TPSA) is 69.8 Å². The molecule has 1 unspecified atom stereocenters. The molecule has 1 heterocycles. The number of amides is 1. The van der Waals surface area contributed by atoms with E-state index in [2.05, 4.69) is 11.9 Å². The molecule has 1 aliphatic carbocycles. The number of nitrogens with two attached hydrogens (primary N) is 1. The van der Waals surface area contributed by atoms with Crippen LogP contribution in [0.2, 0.25) is 0 Å². The van der Waals surface area contributed by atoms with Crippen molar-refractivity contribution in [2.45, 2.75) is 30.5 Å². The second kappa shape index (κ2) is 6.11. The van der Waals surface area contributed by atoms with Gasteiger partial charge in [0.2, 0.25) is 0 Å². The first-order chi connectivity index (χ1) is 12.4. The summed E-state index contributed by atoms with van der Waals surface area (Å²) in [4.78, 5) is 17.2. The Bertz CT molecular complexity index is 838. The fourth-order valence-electron chi connectivity index (χ4n) is 4.74. The lowest BCUT2D eigenvalue weighted by atomic mass is 9.66. The maximum Gasteiger partial charge on any atom is 0.253 e. The molecule has 5 heteroatoms. The molecule has 4 rings (SSSR count). The highest BCUT2D eigenvalue weighted by molar-refractivity contribution is 5.94. The summed E-state index contributed by atoms with van der Waals surface area (Å²) in [6.45, 7) is 0.875. The summed E-state index contributed by atoms with van der Waals surface area (Å²) < 4.78 is 0. The quantitative estimate of drug-likeness (QED) is 0.868. The van der Waals surface area contributed by atoms with Crippen LogP contribution in [0, 0.1) is 0 Å². The molecule has 1 aliphatic heterocycles. The zero-order chi connectivity index (χ0) is 18.5. The van der Waals surface area contributed by atoms with E-state index in [1.54, 1.807) is 12.1 Å². The van der Waals surface area contributed by atoms with E-state index in [4.69, 9.17) is 5.73 Å². The molecule has 2 aromatic rings. The third-order valence-electron chi connectivity index (χ3n) is 6.12. The van der Waals surface area contributed by atoms with Crippen LogP contribution in [0.5, 0.6) is 5.75 Å². The van der Waals surface area contributed by atoms with E-state index >= 15 is 0 Å². The molecule has 3 N–H and O–H groups in total. The number of rotatable bonds is 2. The summed E-state index contributed by atoms with van der Waals surface area (Å²) in [7, 11) is 3.95. The molecule has 1 saturated heterocycles. The number of nitrogens with zero attached hydrogens (tertiary/aromatic N) is 2. The zero-order valence-corrected chi connectivity index (χ0v) is 15.2. The number of fused-ring (bicyclic) bond motifs is 4. The maximum absolute atomic E-state index is 13.1. The second-order valence-electron chi connectivity index (χ2n) is 7.61. The van der Waals surface area contributed by atoms with E-state index in [-0.39, 0.29) is 23.7 Å². The van der Waals surface area contributed by atoms with Gasteiger partial charge in [-0.15, -0.1) is 0 Å². The fraction of sp³-hybridized carbons (Fsp3) is 0.381. The summed E-state index contributed by atoms with van der Waals surface area (Å²) in [5.74, 6) is 0.205.